The number of aromatic nitrogens is 4. The summed E-state index contributed by atoms with van der Waals surface area (Å²) in [5.74, 6) is 1.35. The number of nitrogens with one attached hydrogen (secondary N) is 1. The zero-order valence-corrected chi connectivity index (χ0v) is 17.6. The molecule has 9 nitrogen and oxygen atoms in total. The highest BCUT2D eigenvalue weighted by Gasteiger charge is 2.31. The molecule has 11 heteroatoms. The predicted octanol–water partition coefficient (Wildman–Crippen LogP) is 1.12. The summed E-state index contributed by atoms with van der Waals surface area (Å²) in [6.45, 7) is 6.77. The van der Waals surface area contributed by atoms with Crippen LogP contribution in [0.5, 0.6) is 0 Å². The molecule has 2 unspecified atom stereocenters. The fourth-order valence-electron chi connectivity index (χ4n) is 3.17. The van der Waals surface area contributed by atoms with Gasteiger partial charge in [0, 0.05) is 45.0 Å². The van der Waals surface area contributed by atoms with Gasteiger partial charge in [-0.15, -0.1) is 24.8 Å². The van der Waals surface area contributed by atoms with E-state index < -0.39 is 0 Å². The maximum atomic E-state index is 12.9. The van der Waals surface area contributed by atoms with Crippen molar-refractivity contribution in [3.63, 3.8) is 0 Å². The summed E-state index contributed by atoms with van der Waals surface area (Å²) in [6.07, 6.45) is 3.60. The minimum absolute atomic E-state index is 0. The highest BCUT2D eigenvalue weighted by molar-refractivity contribution is 5.85. The van der Waals surface area contributed by atoms with Gasteiger partial charge in [0.1, 0.15) is 6.04 Å². The van der Waals surface area contributed by atoms with E-state index in [1.165, 1.54) is 0 Å². The molecular weight excluding hydrogens is 393 g/mol. The van der Waals surface area contributed by atoms with E-state index >= 15 is 0 Å². The summed E-state index contributed by atoms with van der Waals surface area (Å²) in [4.78, 5) is 21.3. The van der Waals surface area contributed by atoms with Crippen LogP contribution in [0.3, 0.4) is 0 Å². The van der Waals surface area contributed by atoms with Crippen LogP contribution in [-0.2, 0) is 11.8 Å². The van der Waals surface area contributed by atoms with Gasteiger partial charge < -0.3 is 14.7 Å². The Balaban J connectivity index is 0.00000182. The van der Waals surface area contributed by atoms with E-state index in [0.717, 1.165) is 18.7 Å². The topological polar surface area (TPSA) is 92.3 Å². The second kappa shape index (κ2) is 10.0. The van der Waals surface area contributed by atoms with Gasteiger partial charge in [-0.05, 0) is 20.9 Å². The Hall–Kier alpha value is -1.68. The van der Waals surface area contributed by atoms with E-state index in [-0.39, 0.29) is 42.8 Å². The Bertz CT molecular complexity index is 728. The molecule has 1 fully saturated rings. The molecule has 3 heterocycles. The third kappa shape index (κ3) is 5.19. The smallest absolute Gasteiger partial charge is 0.244 e. The first kappa shape index (κ1) is 23.4. The first-order valence-corrected chi connectivity index (χ1v) is 8.48. The predicted molar refractivity (Wildman–Crippen MR) is 105 cm³/mol. The summed E-state index contributed by atoms with van der Waals surface area (Å²) in [5, 5.41) is 11.1. The second-order valence-corrected chi connectivity index (χ2v) is 6.39. The molecule has 0 aromatic carbocycles. The van der Waals surface area contributed by atoms with Gasteiger partial charge >= 0.3 is 0 Å². The molecule has 2 aromatic heterocycles. The fraction of sp³-hybridized carbons (Fsp3) is 0.625. The largest absolute Gasteiger partial charge is 0.338 e. The van der Waals surface area contributed by atoms with E-state index in [2.05, 4.69) is 32.4 Å². The van der Waals surface area contributed by atoms with Crippen LogP contribution in [0.4, 0.5) is 0 Å². The minimum Gasteiger partial charge on any atom is -0.338 e. The highest BCUT2D eigenvalue weighted by Crippen LogP contribution is 2.22. The van der Waals surface area contributed by atoms with Gasteiger partial charge in [0.05, 0.1) is 12.2 Å². The highest BCUT2D eigenvalue weighted by atomic mass is 35.5. The van der Waals surface area contributed by atoms with E-state index in [1.807, 2.05) is 25.1 Å². The molecule has 2 atom stereocenters. The van der Waals surface area contributed by atoms with Crippen LogP contribution < -0.4 is 5.32 Å². The van der Waals surface area contributed by atoms with Crippen molar-refractivity contribution in [3.8, 4) is 0 Å². The zero-order chi connectivity index (χ0) is 18.0. The van der Waals surface area contributed by atoms with Crippen molar-refractivity contribution < 1.29 is 9.32 Å². The van der Waals surface area contributed by atoms with Crippen molar-refractivity contribution >= 4 is 30.7 Å². The lowest BCUT2D eigenvalue weighted by Crippen LogP contribution is -2.51. The van der Waals surface area contributed by atoms with E-state index in [9.17, 15) is 4.79 Å². The minimum atomic E-state index is -0.365. The quantitative estimate of drug-likeness (QED) is 0.775. The summed E-state index contributed by atoms with van der Waals surface area (Å²) < 4.78 is 6.97. The molecule has 27 heavy (non-hydrogen) atoms. The summed E-state index contributed by atoms with van der Waals surface area (Å²) in [7, 11) is 3.64. The van der Waals surface area contributed by atoms with Gasteiger partial charge in [-0.1, -0.05) is 5.16 Å². The van der Waals surface area contributed by atoms with Crippen LogP contribution in [0.25, 0.3) is 0 Å². The number of carbonyl (C=O) groups excluding carboxylic acids is 1. The molecule has 2 aromatic rings. The van der Waals surface area contributed by atoms with Crippen LogP contribution in [0, 0.1) is 6.92 Å². The van der Waals surface area contributed by atoms with E-state index in [0.29, 0.717) is 24.8 Å². The Kier molecular flexibility index (Phi) is 8.67. The lowest BCUT2D eigenvalue weighted by atomic mass is 10.1. The van der Waals surface area contributed by atoms with Crippen LogP contribution >= 0.6 is 24.8 Å². The van der Waals surface area contributed by atoms with Gasteiger partial charge in [0.25, 0.3) is 0 Å². The van der Waals surface area contributed by atoms with Crippen LogP contribution in [-0.4, -0.2) is 68.9 Å². The molecule has 3 rings (SSSR count). The first-order chi connectivity index (χ1) is 12.0. The number of aryl methyl sites for hydroxylation is 2. The maximum Gasteiger partial charge on any atom is 0.244 e. The normalized spacial score (nSPS) is 17.0. The number of rotatable bonds is 5. The van der Waals surface area contributed by atoms with Crippen LogP contribution in [0.15, 0.2) is 16.9 Å². The van der Waals surface area contributed by atoms with Gasteiger partial charge in [0.15, 0.2) is 5.82 Å². The molecule has 1 aliphatic rings. The fourth-order valence-corrected chi connectivity index (χ4v) is 3.17. The Morgan fingerprint density at radius 3 is 2.41 bits per heavy atom. The number of nitrogens with zero attached hydrogens (tertiary/aromatic N) is 6. The third-order valence-electron chi connectivity index (χ3n) is 4.67. The molecule has 0 spiro atoms. The second-order valence-electron chi connectivity index (χ2n) is 6.39. The van der Waals surface area contributed by atoms with E-state index in [4.69, 9.17) is 4.52 Å². The van der Waals surface area contributed by atoms with Crippen molar-refractivity contribution in [1.29, 1.82) is 0 Å². The molecule has 0 aliphatic carbocycles. The number of amides is 1. The van der Waals surface area contributed by atoms with Gasteiger partial charge in [-0.2, -0.15) is 10.1 Å². The monoisotopic (exact) mass is 419 g/mol. The van der Waals surface area contributed by atoms with Crippen molar-refractivity contribution in [2.24, 2.45) is 7.05 Å². The molecular formula is C16H27Cl2N7O2. The standard InChI is InChI=1S/C16H25N7O2.2ClH/c1-11(15-19-12(2)20-25-15)22-5-7-23(8-6-22)16(24)14(17-3)13-9-18-21(4)10-13;;/h9-11,14,17H,5-8H2,1-4H3;2*1H. The SMILES string of the molecule is CNC(C(=O)N1CCN(C(C)c2nc(C)no2)CC1)c1cnn(C)c1.Cl.Cl. The Morgan fingerprint density at radius 1 is 1.26 bits per heavy atom. The molecule has 1 N–H and O–H groups in total. The number of piperazine rings is 1. The lowest BCUT2D eigenvalue weighted by molar-refractivity contribution is -0.135. The first-order valence-electron chi connectivity index (χ1n) is 8.48. The number of carbonyl (C=O) groups is 1. The van der Waals surface area contributed by atoms with Crippen molar-refractivity contribution in [2.45, 2.75) is 25.9 Å². The lowest BCUT2D eigenvalue weighted by Gasteiger charge is -2.38. The number of halogens is 2. The van der Waals surface area contributed by atoms with Crippen molar-refractivity contribution in [2.75, 3.05) is 33.2 Å². The zero-order valence-electron chi connectivity index (χ0n) is 16.0. The van der Waals surface area contributed by atoms with Gasteiger partial charge in [-0.25, -0.2) is 0 Å². The molecule has 152 valence electrons. The Labute approximate surface area is 171 Å². The summed E-state index contributed by atoms with van der Waals surface area (Å²) in [5.41, 5.74) is 0.882. The van der Waals surface area contributed by atoms with Crippen molar-refractivity contribution in [1.82, 2.24) is 35.0 Å². The average molecular weight is 420 g/mol. The van der Waals surface area contributed by atoms with Crippen LogP contribution in [0.2, 0.25) is 0 Å². The molecule has 1 amide bonds. The number of hydrogen-bond acceptors (Lipinski definition) is 7. The number of hydrogen-bond donors (Lipinski definition) is 1. The molecule has 0 radical (unpaired) electrons. The average Bonchev–Trinajstić information content (AvgIpc) is 3.23. The van der Waals surface area contributed by atoms with Gasteiger partial charge in [-0.3, -0.25) is 14.4 Å². The van der Waals surface area contributed by atoms with Crippen molar-refractivity contribution in [3.05, 3.63) is 29.7 Å². The molecule has 0 saturated carbocycles. The molecule has 1 aliphatic heterocycles. The van der Waals surface area contributed by atoms with E-state index in [1.54, 1.807) is 17.9 Å². The molecule has 0 bridgehead atoms. The Morgan fingerprint density at radius 2 is 1.93 bits per heavy atom. The number of likely N-dealkylation sites (N-methyl/N-ethyl adjacent to an activating group) is 1. The third-order valence-corrected chi connectivity index (χ3v) is 4.67. The summed E-state index contributed by atoms with van der Waals surface area (Å²) >= 11 is 0. The van der Waals surface area contributed by atoms with Crippen LogP contribution in [0.1, 0.15) is 36.3 Å². The van der Waals surface area contributed by atoms with Gasteiger partial charge in [0.2, 0.25) is 11.8 Å². The summed E-state index contributed by atoms with van der Waals surface area (Å²) in [6, 6.07) is -0.312. The molecule has 1 saturated heterocycles. The maximum absolute atomic E-state index is 12.9.